The van der Waals surface area contributed by atoms with Gasteiger partial charge in [0, 0.05) is 101 Å². The number of piperazine rings is 3. The standard InChI is InChI=1S/C28H34N8/c1-21-17-35(26-6-5-23(15-29)28-25(26)3-2-8-31-28)20-24-19-33(13-14-36(21)24)18-22-4-7-27(32-16-22)34-11-9-30-10-12-34/h2-8,16,21,24,30H,9-14,17-20H2,1H3/t21-,24+/m1/s1/i8D. The van der Waals surface area contributed by atoms with Gasteiger partial charge >= 0.3 is 0 Å². The molecule has 0 radical (unpaired) electrons. The third-order valence-corrected chi connectivity index (χ3v) is 7.91. The topological polar surface area (TPSA) is 74.6 Å². The van der Waals surface area contributed by atoms with Crippen molar-refractivity contribution < 1.29 is 1.37 Å². The molecular formula is C28H34N8. The Kier molecular flexibility index (Phi) is 6.12. The van der Waals surface area contributed by atoms with Crippen LogP contribution in [-0.4, -0.2) is 90.8 Å². The normalized spacial score (nSPS) is 23.8. The second kappa shape index (κ2) is 10.0. The minimum absolute atomic E-state index is 0.192. The maximum Gasteiger partial charge on any atom is 0.128 e. The van der Waals surface area contributed by atoms with Crippen molar-refractivity contribution in [1.82, 2.24) is 25.1 Å². The molecule has 2 atom stereocenters. The molecule has 8 heteroatoms. The molecule has 5 heterocycles. The highest BCUT2D eigenvalue weighted by molar-refractivity contribution is 5.95. The smallest absolute Gasteiger partial charge is 0.128 e. The number of aromatic nitrogens is 2. The van der Waals surface area contributed by atoms with Crippen LogP contribution in [0.15, 0.2) is 48.8 Å². The number of hydrogen-bond acceptors (Lipinski definition) is 8. The first kappa shape index (κ1) is 22.0. The van der Waals surface area contributed by atoms with Crippen molar-refractivity contribution in [2.24, 2.45) is 0 Å². The molecule has 186 valence electrons. The van der Waals surface area contributed by atoms with E-state index < -0.39 is 0 Å². The van der Waals surface area contributed by atoms with E-state index in [0.29, 0.717) is 23.2 Å². The van der Waals surface area contributed by atoms with Gasteiger partial charge in [0.2, 0.25) is 0 Å². The lowest BCUT2D eigenvalue weighted by atomic mass is 10.0. The van der Waals surface area contributed by atoms with E-state index in [-0.39, 0.29) is 6.17 Å². The number of fused-ring (bicyclic) bond motifs is 2. The molecule has 3 saturated heterocycles. The summed E-state index contributed by atoms with van der Waals surface area (Å²) in [6.45, 7) is 12.3. The zero-order valence-electron chi connectivity index (χ0n) is 21.9. The maximum atomic E-state index is 9.57. The van der Waals surface area contributed by atoms with Crippen LogP contribution < -0.4 is 15.1 Å². The van der Waals surface area contributed by atoms with Crippen LogP contribution in [-0.2, 0) is 6.54 Å². The number of benzene rings is 1. The average molecular weight is 484 g/mol. The highest BCUT2D eigenvalue weighted by Crippen LogP contribution is 2.32. The summed E-state index contributed by atoms with van der Waals surface area (Å²) in [6.07, 6.45) is 2.24. The summed E-state index contributed by atoms with van der Waals surface area (Å²) < 4.78 is 7.94. The lowest BCUT2D eigenvalue weighted by Gasteiger charge is -2.51. The van der Waals surface area contributed by atoms with E-state index in [9.17, 15) is 5.26 Å². The number of nitrogens with one attached hydrogen (secondary N) is 1. The fourth-order valence-electron chi connectivity index (χ4n) is 6.09. The zero-order valence-corrected chi connectivity index (χ0v) is 20.9. The quantitative estimate of drug-likeness (QED) is 0.606. The Morgan fingerprint density at radius 2 is 1.92 bits per heavy atom. The van der Waals surface area contributed by atoms with Crippen LogP contribution in [0.25, 0.3) is 10.9 Å². The summed E-state index contributed by atoms with van der Waals surface area (Å²) in [7, 11) is 0. The zero-order chi connectivity index (χ0) is 25.4. The van der Waals surface area contributed by atoms with E-state index in [2.05, 4.69) is 67.3 Å². The molecular weight excluding hydrogens is 448 g/mol. The molecule has 3 aromatic rings. The predicted molar refractivity (Wildman–Crippen MR) is 143 cm³/mol. The third kappa shape index (κ3) is 4.50. The van der Waals surface area contributed by atoms with Gasteiger partial charge in [-0.2, -0.15) is 5.26 Å². The Hall–Kier alpha value is -3.25. The van der Waals surface area contributed by atoms with Crippen LogP contribution in [0, 0.1) is 11.3 Å². The monoisotopic (exact) mass is 483 g/mol. The molecule has 2 aromatic heterocycles. The molecule has 36 heavy (non-hydrogen) atoms. The highest BCUT2D eigenvalue weighted by atomic mass is 15.4. The van der Waals surface area contributed by atoms with Crippen molar-refractivity contribution in [2.45, 2.75) is 25.6 Å². The largest absolute Gasteiger partial charge is 0.368 e. The molecule has 3 fully saturated rings. The van der Waals surface area contributed by atoms with Crippen molar-refractivity contribution in [3.05, 3.63) is 59.9 Å². The molecule has 6 rings (SSSR count). The van der Waals surface area contributed by atoms with Crippen molar-refractivity contribution >= 4 is 22.4 Å². The van der Waals surface area contributed by atoms with Crippen molar-refractivity contribution in [3.8, 4) is 6.07 Å². The summed E-state index contributed by atoms with van der Waals surface area (Å²) in [5.74, 6) is 1.08. The summed E-state index contributed by atoms with van der Waals surface area (Å²) >= 11 is 0. The number of rotatable bonds is 4. The molecule has 0 aliphatic carbocycles. The van der Waals surface area contributed by atoms with Crippen LogP contribution in [0.1, 0.15) is 19.4 Å². The second-order valence-electron chi connectivity index (χ2n) is 10.2. The number of nitrogens with zero attached hydrogens (tertiary/aromatic N) is 7. The lowest BCUT2D eigenvalue weighted by Crippen LogP contribution is -2.65. The minimum atomic E-state index is 0.192. The van der Waals surface area contributed by atoms with E-state index in [4.69, 9.17) is 6.35 Å². The van der Waals surface area contributed by atoms with E-state index in [1.54, 1.807) is 6.07 Å². The molecule has 3 aliphatic heterocycles. The predicted octanol–water partition coefficient (Wildman–Crippen LogP) is 2.31. The molecule has 3 aliphatic rings. The number of nitriles is 1. The van der Waals surface area contributed by atoms with Gasteiger partial charge in [0.15, 0.2) is 0 Å². The van der Waals surface area contributed by atoms with Crippen molar-refractivity contribution in [1.29, 1.82) is 5.26 Å². The van der Waals surface area contributed by atoms with Gasteiger partial charge in [-0.15, -0.1) is 0 Å². The first-order valence-corrected chi connectivity index (χ1v) is 13.0. The second-order valence-corrected chi connectivity index (χ2v) is 10.2. The minimum Gasteiger partial charge on any atom is -0.368 e. The van der Waals surface area contributed by atoms with Crippen LogP contribution in [0.2, 0.25) is 0 Å². The maximum absolute atomic E-state index is 9.57. The van der Waals surface area contributed by atoms with Crippen LogP contribution in [0.4, 0.5) is 11.5 Å². The first-order chi connectivity index (χ1) is 18.1. The van der Waals surface area contributed by atoms with Gasteiger partial charge in [0.05, 0.1) is 12.5 Å². The van der Waals surface area contributed by atoms with Gasteiger partial charge in [-0.3, -0.25) is 14.8 Å². The average Bonchev–Trinajstić information content (AvgIpc) is 2.93. The fraction of sp³-hybridized carbons (Fsp3) is 0.464. The molecule has 1 N–H and O–H groups in total. The van der Waals surface area contributed by atoms with Crippen LogP contribution in [0.3, 0.4) is 0 Å². The van der Waals surface area contributed by atoms with Gasteiger partial charge in [0.1, 0.15) is 11.9 Å². The van der Waals surface area contributed by atoms with E-state index in [1.807, 2.05) is 12.1 Å². The van der Waals surface area contributed by atoms with Crippen LogP contribution in [0.5, 0.6) is 0 Å². The van der Waals surface area contributed by atoms with E-state index in [0.717, 1.165) is 82.3 Å². The molecule has 0 unspecified atom stereocenters. The Labute approximate surface area is 214 Å². The summed E-state index contributed by atoms with van der Waals surface area (Å²) in [4.78, 5) is 19.2. The van der Waals surface area contributed by atoms with Gasteiger partial charge in [-0.25, -0.2) is 4.98 Å². The fourth-order valence-corrected chi connectivity index (χ4v) is 6.09. The molecule has 0 saturated carbocycles. The Morgan fingerprint density at radius 1 is 1.03 bits per heavy atom. The van der Waals surface area contributed by atoms with Crippen molar-refractivity contribution in [3.63, 3.8) is 0 Å². The van der Waals surface area contributed by atoms with Gasteiger partial charge in [-0.1, -0.05) is 6.07 Å². The van der Waals surface area contributed by atoms with Gasteiger partial charge < -0.3 is 15.1 Å². The van der Waals surface area contributed by atoms with E-state index >= 15 is 0 Å². The van der Waals surface area contributed by atoms with Gasteiger partial charge in [-0.05, 0) is 42.8 Å². The summed E-state index contributed by atoms with van der Waals surface area (Å²) in [6, 6.07) is 15.1. The number of hydrogen-bond donors (Lipinski definition) is 1. The summed E-state index contributed by atoms with van der Waals surface area (Å²) in [5, 5.41) is 13.9. The van der Waals surface area contributed by atoms with Gasteiger partial charge in [0.25, 0.3) is 0 Å². The highest BCUT2D eigenvalue weighted by Gasteiger charge is 2.36. The number of anilines is 2. The summed E-state index contributed by atoms with van der Waals surface area (Å²) in [5.41, 5.74) is 3.53. The van der Waals surface area contributed by atoms with Crippen molar-refractivity contribution in [2.75, 3.05) is 68.7 Å². The van der Waals surface area contributed by atoms with E-state index in [1.165, 1.54) is 5.56 Å². The first-order valence-electron chi connectivity index (χ1n) is 13.5. The number of pyridine rings is 2. The molecule has 0 amide bonds. The lowest BCUT2D eigenvalue weighted by molar-refractivity contribution is 0.0317. The SMILES string of the molecule is [2H]c1ccc2c(N3C[C@@H]4CN(Cc5ccc(N6CCNCC6)nc5)CCN4[C@H](C)C3)ccc(C#N)c2n1. The van der Waals surface area contributed by atoms with Crippen LogP contribution >= 0.6 is 0 Å². The molecule has 8 nitrogen and oxygen atoms in total. The molecule has 0 bridgehead atoms. The third-order valence-electron chi connectivity index (χ3n) is 7.91. The molecule has 1 aromatic carbocycles. The molecule has 0 spiro atoms. The Balaban J connectivity index is 1.17. The Morgan fingerprint density at radius 3 is 2.72 bits per heavy atom. The Bertz CT molecular complexity index is 1300.